The van der Waals surface area contributed by atoms with E-state index >= 15 is 0 Å². The first kappa shape index (κ1) is 21.7. The number of anilines is 1. The van der Waals surface area contributed by atoms with Gasteiger partial charge in [-0.1, -0.05) is 48.9 Å². The average molecular weight is 430 g/mol. The lowest BCUT2D eigenvalue weighted by atomic mass is 9.99. The van der Waals surface area contributed by atoms with Crippen molar-refractivity contribution < 1.29 is 14.7 Å². The van der Waals surface area contributed by atoms with Crippen LogP contribution in [0.15, 0.2) is 66.9 Å². The van der Waals surface area contributed by atoms with Gasteiger partial charge >= 0.3 is 5.97 Å². The Morgan fingerprint density at radius 2 is 1.91 bits per heavy atom. The van der Waals surface area contributed by atoms with Crippen LogP contribution in [0.4, 0.5) is 5.69 Å². The molecule has 1 saturated heterocycles. The molecule has 6 nitrogen and oxygen atoms in total. The summed E-state index contributed by atoms with van der Waals surface area (Å²) in [4.78, 5) is 30.7. The fourth-order valence-electron chi connectivity index (χ4n) is 4.28. The Balaban J connectivity index is 1.51. The van der Waals surface area contributed by atoms with Crippen molar-refractivity contribution in [1.82, 2.24) is 9.88 Å². The highest BCUT2D eigenvalue weighted by atomic mass is 16.4. The van der Waals surface area contributed by atoms with Gasteiger partial charge in [-0.3, -0.25) is 19.5 Å². The molecular formula is C26H27N3O3. The molecule has 2 N–H and O–H groups in total. The first-order chi connectivity index (χ1) is 15.5. The number of aliphatic carboxylic acids is 1. The summed E-state index contributed by atoms with van der Waals surface area (Å²) in [5, 5.41) is 12.5. The number of likely N-dealkylation sites (tertiary alicyclic amines) is 1. The van der Waals surface area contributed by atoms with Crippen LogP contribution in [0.5, 0.6) is 0 Å². The largest absolute Gasteiger partial charge is 0.480 e. The zero-order valence-electron chi connectivity index (χ0n) is 18.1. The molecule has 164 valence electrons. The van der Waals surface area contributed by atoms with E-state index in [1.165, 1.54) is 0 Å². The number of nitrogens with zero attached hydrogens (tertiary/aromatic N) is 2. The van der Waals surface area contributed by atoms with Crippen LogP contribution in [0.25, 0.3) is 11.1 Å². The first-order valence-electron chi connectivity index (χ1n) is 10.9. The van der Waals surface area contributed by atoms with E-state index in [4.69, 9.17) is 0 Å². The quantitative estimate of drug-likeness (QED) is 0.591. The Kier molecular flexibility index (Phi) is 6.61. The fraction of sp³-hybridized carbons (Fsp3) is 0.269. The summed E-state index contributed by atoms with van der Waals surface area (Å²) in [5.41, 5.74) is 5.08. The van der Waals surface area contributed by atoms with E-state index in [0.717, 1.165) is 47.3 Å². The maximum atomic E-state index is 12.9. The third-order valence-electron chi connectivity index (χ3n) is 6.01. The summed E-state index contributed by atoms with van der Waals surface area (Å²) in [5.74, 6) is -1.07. The zero-order valence-corrected chi connectivity index (χ0v) is 18.1. The Morgan fingerprint density at radius 1 is 1.09 bits per heavy atom. The standard InChI is InChI=1S/C26H27N3O3/c1-18-21(20-8-3-2-4-9-20)10-7-11-22(18)28-25(30)23-16-19(13-14-27-23)17-29-15-6-5-12-24(29)26(31)32/h2-4,7-11,13-14,16,24H,5-6,12,15,17H2,1H3,(H,28,30)(H,31,32). The molecule has 2 heterocycles. The summed E-state index contributed by atoms with van der Waals surface area (Å²) in [6, 6.07) is 19.0. The number of hydrogen-bond acceptors (Lipinski definition) is 4. The van der Waals surface area contributed by atoms with Gasteiger partial charge in [-0.05, 0) is 66.8 Å². The molecule has 0 radical (unpaired) electrons. The molecule has 2 aromatic carbocycles. The highest BCUT2D eigenvalue weighted by Crippen LogP contribution is 2.28. The molecular weight excluding hydrogens is 402 g/mol. The molecule has 3 aromatic rings. The van der Waals surface area contributed by atoms with Gasteiger partial charge in [-0.2, -0.15) is 0 Å². The number of carbonyl (C=O) groups is 2. The van der Waals surface area contributed by atoms with Gasteiger partial charge in [0, 0.05) is 18.4 Å². The zero-order chi connectivity index (χ0) is 22.5. The van der Waals surface area contributed by atoms with Crippen molar-refractivity contribution in [3.05, 3.63) is 83.7 Å². The Hall–Kier alpha value is -3.51. The van der Waals surface area contributed by atoms with Crippen LogP contribution in [0.1, 0.15) is 40.9 Å². The number of amides is 1. The van der Waals surface area contributed by atoms with Crippen molar-refractivity contribution in [3.63, 3.8) is 0 Å². The second-order valence-electron chi connectivity index (χ2n) is 8.17. The molecule has 1 unspecified atom stereocenters. The van der Waals surface area contributed by atoms with Gasteiger partial charge in [0.05, 0.1) is 0 Å². The molecule has 4 rings (SSSR count). The Labute approximate surface area is 187 Å². The van der Waals surface area contributed by atoms with E-state index < -0.39 is 12.0 Å². The molecule has 0 aliphatic carbocycles. The van der Waals surface area contributed by atoms with E-state index in [0.29, 0.717) is 18.7 Å². The maximum Gasteiger partial charge on any atom is 0.320 e. The Morgan fingerprint density at radius 3 is 2.69 bits per heavy atom. The summed E-state index contributed by atoms with van der Waals surface area (Å²) >= 11 is 0. The number of hydrogen-bond donors (Lipinski definition) is 2. The second-order valence-corrected chi connectivity index (χ2v) is 8.17. The normalized spacial score (nSPS) is 16.5. The number of aromatic nitrogens is 1. The van der Waals surface area contributed by atoms with E-state index in [1.54, 1.807) is 12.3 Å². The van der Waals surface area contributed by atoms with Gasteiger partial charge in [-0.25, -0.2) is 0 Å². The predicted octanol–water partition coefficient (Wildman–Crippen LogP) is 4.75. The topological polar surface area (TPSA) is 82.5 Å². The minimum atomic E-state index is -0.787. The first-order valence-corrected chi connectivity index (χ1v) is 10.9. The fourth-order valence-corrected chi connectivity index (χ4v) is 4.28. The number of benzene rings is 2. The van der Waals surface area contributed by atoms with Crippen LogP contribution >= 0.6 is 0 Å². The van der Waals surface area contributed by atoms with Crippen LogP contribution in [0.2, 0.25) is 0 Å². The number of carboxylic acid groups (broad SMARTS) is 1. The van der Waals surface area contributed by atoms with E-state index in [2.05, 4.69) is 10.3 Å². The van der Waals surface area contributed by atoms with Crippen molar-refractivity contribution in [2.45, 2.75) is 38.8 Å². The number of rotatable bonds is 6. The summed E-state index contributed by atoms with van der Waals surface area (Å²) in [6.45, 7) is 3.22. The van der Waals surface area contributed by atoms with Crippen LogP contribution in [0.3, 0.4) is 0 Å². The summed E-state index contributed by atoms with van der Waals surface area (Å²) < 4.78 is 0. The van der Waals surface area contributed by atoms with Crippen LogP contribution in [-0.2, 0) is 11.3 Å². The third kappa shape index (κ3) is 4.86. The van der Waals surface area contributed by atoms with Gasteiger partial charge < -0.3 is 10.4 Å². The number of nitrogens with one attached hydrogen (secondary N) is 1. The van der Waals surface area contributed by atoms with E-state index in [-0.39, 0.29) is 5.91 Å². The lowest BCUT2D eigenvalue weighted by molar-refractivity contribution is -0.144. The SMILES string of the molecule is Cc1c(NC(=O)c2cc(CN3CCCCC3C(=O)O)ccn2)cccc1-c1ccccc1. The number of carboxylic acids is 1. The lowest BCUT2D eigenvalue weighted by Crippen LogP contribution is -2.44. The Bertz CT molecular complexity index is 1110. The molecule has 0 spiro atoms. The number of piperidine rings is 1. The van der Waals surface area contributed by atoms with E-state index in [9.17, 15) is 14.7 Å². The van der Waals surface area contributed by atoms with Crippen molar-refractivity contribution >= 4 is 17.6 Å². The van der Waals surface area contributed by atoms with Gasteiger partial charge in [0.1, 0.15) is 11.7 Å². The number of carbonyl (C=O) groups excluding carboxylic acids is 1. The summed E-state index contributed by atoms with van der Waals surface area (Å²) in [7, 11) is 0. The highest BCUT2D eigenvalue weighted by Gasteiger charge is 2.28. The smallest absolute Gasteiger partial charge is 0.320 e. The molecule has 1 aromatic heterocycles. The van der Waals surface area contributed by atoms with Crippen LogP contribution < -0.4 is 5.32 Å². The molecule has 1 aliphatic rings. The molecule has 32 heavy (non-hydrogen) atoms. The van der Waals surface area contributed by atoms with Crippen LogP contribution in [-0.4, -0.2) is 39.5 Å². The molecule has 1 amide bonds. The van der Waals surface area contributed by atoms with E-state index in [1.807, 2.05) is 66.4 Å². The molecule has 1 aliphatic heterocycles. The molecule has 1 atom stereocenters. The monoisotopic (exact) mass is 429 g/mol. The van der Waals surface area contributed by atoms with Crippen molar-refractivity contribution in [3.8, 4) is 11.1 Å². The average Bonchev–Trinajstić information content (AvgIpc) is 2.81. The molecule has 1 fully saturated rings. The number of pyridine rings is 1. The van der Waals surface area contributed by atoms with Crippen molar-refractivity contribution in [2.24, 2.45) is 0 Å². The molecule has 6 heteroatoms. The molecule has 0 bridgehead atoms. The highest BCUT2D eigenvalue weighted by molar-refractivity contribution is 6.03. The maximum absolute atomic E-state index is 12.9. The predicted molar refractivity (Wildman–Crippen MR) is 124 cm³/mol. The molecule has 0 saturated carbocycles. The second kappa shape index (κ2) is 9.75. The minimum absolute atomic E-state index is 0.284. The van der Waals surface area contributed by atoms with Gasteiger partial charge in [0.25, 0.3) is 5.91 Å². The van der Waals surface area contributed by atoms with Gasteiger partial charge in [0.15, 0.2) is 0 Å². The lowest BCUT2D eigenvalue weighted by Gasteiger charge is -2.32. The van der Waals surface area contributed by atoms with Gasteiger partial charge in [0.2, 0.25) is 0 Å². The minimum Gasteiger partial charge on any atom is -0.480 e. The summed E-state index contributed by atoms with van der Waals surface area (Å²) in [6.07, 6.45) is 4.18. The van der Waals surface area contributed by atoms with Gasteiger partial charge in [-0.15, -0.1) is 0 Å². The third-order valence-corrected chi connectivity index (χ3v) is 6.01. The van der Waals surface area contributed by atoms with Crippen molar-refractivity contribution in [1.29, 1.82) is 0 Å². The van der Waals surface area contributed by atoms with Crippen molar-refractivity contribution in [2.75, 3.05) is 11.9 Å². The van der Waals surface area contributed by atoms with Crippen LogP contribution in [0, 0.1) is 6.92 Å².